The van der Waals surface area contributed by atoms with Gasteiger partial charge in [-0.2, -0.15) is 0 Å². The third-order valence-electron chi connectivity index (χ3n) is 3.27. The lowest BCUT2D eigenvalue weighted by Gasteiger charge is -2.12. The summed E-state index contributed by atoms with van der Waals surface area (Å²) in [5.74, 6) is 0.690. The van der Waals surface area contributed by atoms with Gasteiger partial charge in [0, 0.05) is 11.4 Å². The van der Waals surface area contributed by atoms with Crippen molar-refractivity contribution in [2.45, 2.75) is 47.0 Å². The summed E-state index contributed by atoms with van der Waals surface area (Å²) in [6.45, 7) is 9.34. The molecule has 0 fully saturated rings. The molecule has 96 valence electrons. The zero-order chi connectivity index (χ0) is 12.8. The van der Waals surface area contributed by atoms with Gasteiger partial charge in [-0.25, -0.2) is 0 Å². The lowest BCUT2D eigenvalue weighted by Crippen LogP contribution is -2.28. The van der Waals surface area contributed by atoms with Gasteiger partial charge >= 0.3 is 0 Å². The van der Waals surface area contributed by atoms with Crippen LogP contribution < -0.4 is 5.32 Å². The van der Waals surface area contributed by atoms with E-state index in [2.05, 4.69) is 33.0 Å². The van der Waals surface area contributed by atoms with Crippen LogP contribution in [-0.2, 0) is 6.42 Å². The molecule has 1 aromatic rings. The summed E-state index contributed by atoms with van der Waals surface area (Å²) in [6.07, 6.45) is 3.26. The average Bonchev–Trinajstić information content (AvgIpc) is 2.71. The minimum atomic E-state index is 0.0877. The summed E-state index contributed by atoms with van der Waals surface area (Å²) < 4.78 is 0. The van der Waals surface area contributed by atoms with Crippen LogP contribution in [0.3, 0.4) is 0 Å². The van der Waals surface area contributed by atoms with E-state index in [0.29, 0.717) is 5.92 Å². The molecule has 2 nitrogen and oxygen atoms in total. The van der Waals surface area contributed by atoms with Crippen molar-refractivity contribution >= 4 is 17.2 Å². The summed E-state index contributed by atoms with van der Waals surface area (Å²) in [4.78, 5) is 14.1. The molecule has 0 aliphatic heterocycles. The van der Waals surface area contributed by atoms with Crippen molar-refractivity contribution in [2.24, 2.45) is 5.92 Å². The smallest absolute Gasteiger partial charge is 0.261 e. The van der Waals surface area contributed by atoms with Crippen molar-refractivity contribution in [3.05, 3.63) is 21.4 Å². The topological polar surface area (TPSA) is 29.1 Å². The maximum atomic E-state index is 12.0. The van der Waals surface area contributed by atoms with Crippen LogP contribution >= 0.6 is 11.3 Å². The molecule has 0 aliphatic rings. The van der Waals surface area contributed by atoms with E-state index in [1.165, 1.54) is 10.4 Å². The van der Waals surface area contributed by atoms with Gasteiger partial charge in [-0.3, -0.25) is 4.79 Å². The summed E-state index contributed by atoms with van der Waals surface area (Å²) >= 11 is 1.62. The number of rotatable bonds is 6. The van der Waals surface area contributed by atoms with Crippen LogP contribution in [0.1, 0.15) is 53.7 Å². The van der Waals surface area contributed by atoms with Gasteiger partial charge in [0.2, 0.25) is 0 Å². The normalized spacial score (nSPS) is 10.9. The molecule has 0 radical (unpaired) electrons. The van der Waals surface area contributed by atoms with Crippen molar-refractivity contribution in [3.63, 3.8) is 0 Å². The molecule has 1 amide bonds. The Morgan fingerprint density at radius 1 is 1.35 bits per heavy atom. The summed E-state index contributed by atoms with van der Waals surface area (Å²) in [5.41, 5.74) is 1.24. The maximum absolute atomic E-state index is 12.0. The SMILES string of the molecule is CCc1sc(C(=O)NCC(CC)CC)cc1C. The van der Waals surface area contributed by atoms with Crippen molar-refractivity contribution in [3.8, 4) is 0 Å². The van der Waals surface area contributed by atoms with E-state index in [1.807, 2.05) is 6.07 Å². The van der Waals surface area contributed by atoms with Gasteiger partial charge in [0.15, 0.2) is 0 Å². The summed E-state index contributed by atoms with van der Waals surface area (Å²) in [7, 11) is 0. The second-order valence-corrected chi connectivity index (χ2v) is 5.60. The van der Waals surface area contributed by atoms with Crippen LogP contribution in [0.15, 0.2) is 6.07 Å². The van der Waals surface area contributed by atoms with Crippen molar-refractivity contribution < 1.29 is 4.79 Å². The molecule has 0 aliphatic carbocycles. The molecule has 1 aromatic heterocycles. The summed E-state index contributed by atoms with van der Waals surface area (Å²) in [6, 6.07) is 2.01. The zero-order valence-corrected chi connectivity index (χ0v) is 12.1. The number of hydrogen-bond acceptors (Lipinski definition) is 2. The van der Waals surface area contributed by atoms with Crippen molar-refractivity contribution in [1.29, 1.82) is 0 Å². The van der Waals surface area contributed by atoms with E-state index in [1.54, 1.807) is 11.3 Å². The standard InChI is InChI=1S/C14H23NOS/c1-5-11(6-2)9-15-14(16)13-8-10(4)12(7-3)17-13/h8,11H,5-7,9H2,1-4H3,(H,15,16). The van der Waals surface area contributed by atoms with Gasteiger partial charge in [-0.15, -0.1) is 11.3 Å². The number of thiophene rings is 1. The first-order valence-electron chi connectivity index (χ1n) is 6.49. The molecule has 0 saturated carbocycles. The number of hydrogen-bond donors (Lipinski definition) is 1. The predicted molar refractivity (Wildman–Crippen MR) is 74.8 cm³/mol. The Morgan fingerprint density at radius 2 is 2.00 bits per heavy atom. The number of aryl methyl sites for hydroxylation is 2. The molecule has 0 spiro atoms. The molecule has 3 heteroatoms. The monoisotopic (exact) mass is 253 g/mol. The lowest BCUT2D eigenvalue weighted by atomic mass is 10.0. The molecule has 0 atom stereocenters. The molecule has 0 bridgehead atoms. The van der Waals surface area contributed by atoms with Crippen LogP contribution in [0.5, 0.6) is 0 Å². The minimum absolute atomic E-state index is 0.0877. The highest BCUT2D eigenvalue weighted by Crippen LogP contribution is 2.22. The van der Waals surface area contributed by atoms with Gasteiger partial charge < -0.3 is 5.32 Å². The Morgan fingerprint density at radius 3 is 2.47 bits per heavy atom. The first kappa shape index (κ1) is 14.2. The van der Waals surface area contributed by atoms with Gasteiger partial charge in [0.05, 0.1) is 4.88 Å². The molecule has 0 unspecified atom stereocenters. The Kier molecular flexibility index (Phi) is 5.69. The molecular formula is C14H23NOS. The van der Waals surface area contributed by atoms with Crippen molar-refractivity contribution in [1.82, 2.24) is 5.32 Å². The molecule has 0 aromatic carbocycles. The number of carbonyl (C=O) groups excluding carboxylic acids is 1. The highest BCUT2D eigenvalue weighted by Gasteiger charge is 2.12. The number of carbonyl (C=O) groups is 1. The number of amides is 1. The Bertz CT molecular complexity index is 366. The fourth-order valence-corrected chi connectivity index (χ4v) is 2.91. The maximum Gasteiger partial charge on any atom is 0.261 e. The van der Waals surface area contributed by atoms with E-state index >= 15 is 0 Å². The fourth-order valence-electron chi connectivity index (χ4n) is 1.88. The third kappa shape index (κ3) is 3.84. The van der Waals surface area contributed by atoms with Crippen LogP contribution in [0.2, 0.25) is 0 Å². The third-order valence-corrected chi connectivity index (χ3v) is 4.65. The van der Waals surface area contributed by atoms with E-state index in [4.69, 9.17) is 0 Å². The van der Waals surface area contributed by atoms with Crippen molar-refractivity contribution in [2.75, 3.05) is 6.54 Å². The molecular weight excluding hydrogens is 230 g/mol. The highest BCUT2D eigenvalue weighted by molar-refractivity contribution is 7.14. The molecule has 1 heterocycles. The Labute approximate surface area is 108 Å². The van der Waals surface area contributed by atoms with Crippen LogP contribution in [-0.4, -0.2) is 12.5 Å². The Hall–Kier alpha value is -0.830. The Balaban J connectivity index is 2.57. The quantitative estimate of drug-likeness (QED) is 0.821. The second kappa shape index (κ2) is 6.80. The fraction of sp³-hybridized carbons (Fsp3) is 0.643. The first-order chi connectivity index (χ1) is 8.12. The van der Waals surface area contributed by atoms with Crippen LogP contribution in [0.25, 0.3) is 0 Å². The first-order valence-corrected chi connectivity index (χ1v) is 7.31. The molecule has 0 saturated heterocycles. The molecule has 1 N–H and O–H groups in total. The van der Waals surface area contributed by atoms with Crippen LogP contribution in [0, 0.1) is 12.8 Å². The zero-order valence-electron chi connectivity index (χ0n) is 11.3. The van der Waals surface area contributed by atoms with Gasteiger partial charge in [-0.05, 0) is 30.9 Å². The minimum Gasteiger partial charge on any atom is -0.351 e. The second-order valence-electron chi connectivity index (χ2n) is 4.46. The highest BCUT2D eigenvalue weighted by atomic mass is 32.1. The lowest BCUT2D eigenvalue weighted by molar-refractivity contribution is 0.0950. The van der Waals surface area contributed by atoms with E-state index in [-0.39, 0.29) is 5.91 Å². The van der Waals surface area contributed by atoms with Crippen LogP contribution in [0.4, 0.5) is 0 Å². The largest absolute Gasteiger partial charge is 0.351 e. The van der Waals surface area contributed by atoms with Gasteiger partial charge in [0.1, 0.15) is 0 Å². The van der Waals surface area contributed by atoms with E-state index in [9.17, 15) is 4.79 Å². The van der Waals surface area contributed by atoms with Gasteiger partial charge in [-0.1, -0.05) is 33.6 Å². The molecule has 1 rings (SSSR count). The van der Waals surface area contributed by atoms with E-state index < -0.39 is 0 Å². The summed E-state index contributed by atoms with van der Waals surface area (Å²) in [5, 5.41) is 3.04. The predicted octanol–water partition coefficient (Wildman–Crippen LogP) is 3.78. The number of nitrogens with one attached hydrogen (secondary N) is 1. The van der Waals surface area contributed by atoms with Gasteiger partial charge in [0.25, 0.3) is 5.91 Å². The average molecular weight is 253 g/mol. The molecule has 17 heavy (non-hydrogen) atoms. The van der Waals surface area contributed by atoms with E-state index in [0.717, 1.165) is 30.7 Å².